The lowest BCUT2D eigenvalue weighted by molar-refractivity contribution is -0.137. The van der Waals surface area contributed by atoms with E-state index in [1.165, 1.54) is 29.6 Å². The minimum absolute atomic E-state index is 0.0684. The summed E-state index contributed by atoms with van der Waals surface area (Å²) in [5, 5.41) is 6.62. The number of alkyl halides is 3. The van der Waals surface area contributed by atoms with Crippen molar-refractivity contribution in [2.45, 2.75) is 18.0 Å². The first-order chi connectivity index (χ1) is 14.7. The summed E-state index contributed by atoms with van der Waals surface area (Å²) in [4.78, 5) is 29.1. The Balaban J connectivity index is 1.64. The smallest absolute Gasteiger partial charge is 0.417 e. The Morgan fingerprint density at radius 3 is 2.61 bits per heavy atom. The fourth-order valence-electron chi connectivity index (χ4n) is 2.63. The van der Waals surface area contributed by atoms with Crippen LogP contribution in [0.4, 0.5) is 18.9 Å². The summed E-state index contributed by atoms with van der Waals surface area (Å²) in [6, 6.07) is 9.21. The number of benzene rings is 1. The molecule has 0 saturated heterocycles. The summed E-state index contributed by atoms with van der Waals surface area (Å²) in [6.45, 7) is 1.03. The number of anilines is 1. The van der Waals surface area contributed by atoms with Crippen molar-refractivity contribution in [3.63, 3.8) is 0 Å². The van der Waals surface area contributed by atoms with Crippen molar-refractivity contribution in [1.29, 1.82) is 0 Å². The second kappa shape index (κ2) is 9.21. The van der Waals surface area contributed by atoms with E-state index >= 15 is 0 Å². The molecule has 1 amide bonds. The van der Waals surface area contributed by atoms with Gasteiger partial charge in [0.25, 0.3) is 5.91 Å². The van der Waals surface area contributed by atoms with E-state index in [1.807, 2.05) is 12.3 Å². The molecule has 0 spiro atoms. The highest BCUT2D eigenvalue weighted by molar-refractivity contribution is 7.98. The summed E-state index contributed by atoms with van der Waals surface area (Å²) in [7, 11) is 0. The Hall–Kier alpha value is -3.34. The number of ether oxygens (including phenoxy) is 1. The molecule has 162 valence electrons. The van der Waals surface area contributed by atoms with Crippen molar-refractivity contribution in [2.75, 3.05) is 18.2 Å². The molecule has 1 aromatic carbocycles. The third-order valence-electron chi connectivity index (χ3n) is 4.21. The Labute approximate surface area is 179 Å². The molecule has 1 N–H and O–H groups in total. The van der Waals surface area contributed by atoms with Gasteiger partial charge in [0.1, 0.15) is 5.56 Å². The predicted octanol–water partition coefficient (Wildman–Crippen LogP) is 4.11. The number of halogens is 3. The van der Waals surface area contributed by atoms with Gasteiger partial charge in [-0.15, -0.1) is 11.8 Å². The molecule has 2 aromatic heterocycles. The SMILES string of the molecule is CSc1cccc(NC(=O)COC(=O)c2cnn(-c3ccc(C(F)(F)F)cn3)c2C)c1. The number of esters is 1. The average molecular weight is 450 g/mol. The molecule has 0 atom stereocenters. The molecule has 3 aromatic rings. The van der Waals surface area contributed by atoms with E-state index < -0.39 is 30.2 Å². The molecule has 0 bridgehead atoms. The lowest BCUT2D eigenvalue weighted by Crippen LogP contribution is -2.21. The maximum absolute atomic E-state index is 12.7. The van der Waals surface area contributed by atoms with Gasteiger partial charge in [-0.2, -0.15) is 18.3 Å². The molecule has 7 nitrogen and oxygen atoms in total. The number of thioether (sulfide) groups is 1. The van der Waals surface area contributed by atoms with E-state index in [-0.39, 0.29) is 11.4 Å². The topological polar surface area (TPSA) is 86.1 Å². The second-order valence-electron chi connectivity index (χ2n) is 6.31. The van der Waals surface area contributed by atoms with Gasteiger partial charge in [0, 0.05) is 16.8 Å². The summed E-state index contributed by atoms with van der Waals surface area (Å²) >= 11 is 1.52. The Kier molecular flexibility index (Phi) is 6.64. The highest BCUT2D eigenvalue weighted by Gasteiger charge is 2.31. The van der Waals surface area contributed by atoms with Crippen LogP contribution in [0.15, 0.2) is 53.7 Å². The zero-order valence-electron chi connectivity index (χ0n) is 16.4. The number of nitrogens with zero attached hydrogens (tertiary/aromatic N) is 3. The quantitative estimate of drug-likeness (QED) is 0.449. The van der Waals surface area contributed by atoms with Crippen molar-refractivity contribution < 1.29 is 27.5 Å². The third-order valence-corrected chi connectivity index (χ3v) is 4.94. The van der Waals surface area contributed by atoms with Gasteiger partial charge < -0.3 is 10.1 Å². The highest BCUT2D eigenvalue weighted by Crippen LogP contribution is 2.29. The van der Waals surface area contributed by atoms with E-state index in [0.717, 1.165) is 17.0 Å². The van der Waals surface area contributed by atoms with Crippen LogP contribution < -0.4 is 5.32 Å². The number of nitrogens with one attached hydrogen (secondary N) is 1. The Morgan fingerprint density at radius 1 is 1.19 bits per heavy atom. The van der Waals surface area contributed by atoms with Crippen molar-refractivity contribution in [1.82, 2.24) is 14.8 Å². The molecule has 0 aliphatic rings. The molecule has 2 heterocycles. The molecule has 0 unspecified atom stereocenters. The summed E-state index contributed by atoms with van der Waals surface area (Å²) in [5.41, 5.74) is 0.0595. The zero-order chi connectivity index (χ0) is 22.6. The molecule has 3 rings (SSSR count). The first-order valence-electron chi connectivity index (χ1n) is 8.88. The van der Waals surface area contributed by atoms with Crippen LogP contribution in [-0.4, -0.2) is 39.5 Å². The van der Waals surface area contributed by atoms with Crippen LogP contribution in [0.3, 0.4) is 0 Å². The minimum atomic E-state index is -4.50. The van der Waals surface area contributed by atoms with Crippen molar-refractivity contribution >= 4 is 29.3 Å². The molecule has 11 heteroatoms. The monoisotopic (exact) mass is 450 g/mol. The van der Waals surface area contributed by atoms with Gasteiger partial charge in [-0.25, -0.2) is 14.5 Å². The number of carbonyl (C=O) groups excluding carboxylic acids is 2. The van der Waals surface area contributed by atoms with E-state index in [4.69, 9.17) is 4.74 Å². The van der Waals surface area contributed by atoms with Crippen LogP contribution in [0, 0.1) is 6.92 Å². The number of pyridine rings is 1. The highest BCUT2D eigenvalue weighted by atomic mass is 32.2. The van der Waals surface area contributed by atoms with Crippen molar-refractivity contribution in [3.05, 3.63) is 65.6 Å². The molecule has 0 aliphatic carbocycles. The van der Waals surface area contributed by atoms with Gasteiger partial charge in [-0.1, -0.05) is 6.07 Å². The second-order valence-corrected chi connectivity index (χ2v) is 7.19. The molecule has 0 saturated carbocycles. The first kappa shape index (κ1) is 22.3. The van der Waals surface area contributed by atoms with Gasteiger partial charge in [0.15, 0.2) is 12.4 Å². The summed E-state index contributed by atoms with van der Waals surface area (Å²) < 4.78 is 44.3. The van der Waals surface area contributed by atoms with E-state index in [2.05, 4.69) is 15.4 Å². The van der Waals surface area contributed by atoms with Crippen molar-refractivity contribution in [3.8, 4) is 5.82 Å². The van der Waals surface area contributed by atoms with Crippen LogP contribution in [0.1, 0.15) is 21.6 Å². The number of rotatable bonds is 6. The number of carbonyl (C=O) groups is 2. The van der Waals surface area contributed by atoms with Crippen LogP contribution in [0.5, 0.6) is 0 Å². The summed E-state index contributed by atoms with van der Waals surface area (Å²) in [6.07, 6.45) is -0.704. The number of hydrogen-bond donors (Lipinski definition) is 1. The molecule has 0 aliphatic heterocycles. The normalized spacial score (nSPS) is 11.3. The predicted molar refractivity (Wildman–Crippen MR) is 108 cm³/mol. The van der Waals surface area contributed by atoms with Gasteiger partial charge in [-0.3, -0.25) is 4.79 Å². The zero-order valence-corrected chi connectivity index (χ0v) is 17.3. The van der Waals surface area contributed by atoms with E-state index in [0.29, 0.717) is 17.6 Å². The average Bonchev–Trinajstić information content (AvgIpc) is 3.13. The number of amides is 1. The maximum Gasteiger partial charge on any atom is 0.417 e. The van der Waals surface area contributed by atoms with E-state index in [1.54, 1.807) is 18.2 Å². The maximum atomic E-state index is 12.7. The lowest BCUT2D eigenvalue weighted by atomic mass is 10.2. The lowest BCUT2D eigenvalue weighted by Gasteiger charge is -2.09. The van der Waals surface area contributed by atoms with Gasteiger partial charge in [0.2, 0.25) is 0 Å². The molecule has 0 fully saturated rings. The molecular formula is C20H17F3N4O3S. The van der Waals surface area contributed by atoms with Crippen LogP contribution >= 0.6 is 11.8 Å². The van der Waals surface area contributed by atoms with Crippen LogP contribution in [-0.2, 0) is 15.7 Å². The Bertz CT molecular complexity index is 1100. The largest absolute Gasteiger partial charge is 0.452 e. The van der Waals surface area contributed by atoms with E-state index in [9.17, 15) is 22.8 Å². The van der Waals surface area contributed by atoms with Gasteiger partial charge >= 0.3 is 12.1 Å². The molecular weight excluding hydrogens is 433 g/mol. The minimum Gasteiger partial charge on any atom is -0.452 e. The van der Waals surface area contributed by atoms with Crippen LogP contribution in [0.2, 0.25) is 0 Å². The summed E-state index contributed by atoms with van der Waals surface area (Å²) in [5.74, 6) is -1.19. The fraction of sp³-hybridized carbons (Fsp3) is 0.200. The number of hydrogen-bond acceptors (Lipinski definition) is 6. The Morgan fingerprint density at radius 2 is 1.97 bits per heavy atom. The van der Waals surface area contributed by atoms with Gasteiger partial charge in [0.05, 0.1) is 17.5 Å². The molecule has 31 heavy (non-hydrogen) atoms. The first-order valence-corrected chi connectivity index (χ1v) is 10.1. The van der Waals surface area contributed by atoms with Gasteiger partial charge in [-0.05, 0) is 43.5 Å². The molecule has 0 radical (unpaired) electrons. The number of aromatic nitrogens is 3. The standard InChI is InChI=1S/C20H17F3N4O3S/c1-12-16(10-25-27(12)17-7-6-13(9-24-17)20(21,22)23)19(29)30-11-18(28)26-14-4-3-5-15(8-14)31-2/h3-10H,11H2,1-2H3,(H,26,28). The van der Waals surface area contributed by atoms with Crippen molar-refractivity contribution in [2.24, 2.45) is 0 Å². The van der Waals surface area contributed by atoms with Crippen LogP contribution in [0.25, 0.3) is 5.82 Å². The third kappa shape index (κ3) is 5.43. The fourth-order valence-corrected chi connectivity index (χ4v) is 3.09.